The van der Waals surface area contributed by atoms with Gasteiger partial charge in [-0.15, -0.1) is 0 Å². The number of hydrogen-bond donors (Lipinski definition) is 1. The van der Waals surface area contributed by atoms with Crippen LogP contribution in [0.25, 0.3) is 0 Å². The molecule has 0 aliphatic rings. The highest BCUT2D eigenvalue weighted by molar-refractivity contribution is 6.31. The van der Waals surface area contributed by atoms with Crippen LogP contribution in [0.5, 0.6) is 0 Å². The van der Waals surface area contributed by atoms with E-state index in [9.17, 15) is 9.50 Å². The first-order chi connectivity index (χ1) is 8.85. The van der Waals surface area contributed by atoms with Crippen LogP contribution in [0.15, 0.2) is 30.5 Å². The van der Waals surface area contributed by atoms with E-state index >= 15 is 0 Å². The van der Waals surface area contributed by atoms with Crippen molar-refractivity contribution in [3.63, 3.8) is 0 Å². The molecule has 0 amide bonds. The summed E-state index contributed by atoms with van der Waals surface area (Å²) in [7, 11) is 0. The molecule has 1 aromatic heterocycles. The minimum Gasteiger partial charge on any atom is -0.379 e. The molecule has 0 saturated carbocycles. The van der Waals surface area contributed by atoms with Crippen molar-refractivity contribution in [1.29, 1.82) is 0 Å². The molecule has 0 aliphatic heterocycles. The molecular formula is C14H16ClFN2O. The molecule has 1 N–H and O–H groups in total. The molecule has 0 fully saturated rings. The van der Waals surface area contributed by atoms with Crippen LogP contribution in [-0.4, -0.2) is 14.9 Å². The summed E-state index contributed by atoms with van der Waals surface area (Å²) < 4.78 is 15.5. The average molecular weight is 283 g/mol. The summed E-state index contributed by atoms with van der Waals surface area (Å²) >= 11 is 6.11. The topological polar surface area (TPSA) is 38.0 Å². The Morgan fingerprint density at radius 3 is 2.58 bits per heavy atom. The van der Waals surface area contributed by atoms with Crippen molar-refractivity contribution in [2.75, 3.05) is 0 Å². The fraction of sp³-hybridized carbons (Fsp3) is 0.357. The average Bonchev–Trinajstić information content (AvgIpc) is 2.72. The summed E-state index contributed by atoms with van der Waals surface area (Å²) in [5.74, 6) is -0.472. The monoisotopic (exact) mass is 282 g/mol. The lowest BCUT2D eigenvalue weighted by atomic mass is 9.91. The molecule has 19 heavy (non-hydrogen) atoms. The van der Waals surface area contributed by atoms with Gasteiger partial charge < -0.3 is 5.11 Å². The summed E-state index contributed by atoms with van der Waals surface area (Å²) in [4.78, 5) is 0. The highest BCUT2D eigenvalue weighted by atomic mass is 35.5. The van der Waals surface area contributed by atoms with Gasteiger partial charge in [-0.3, -0.25) is 4.68 Å². The Balaban J connectivity index is 2.63. The molecule has 0 aliphatic carbocycles. The fourth-order valence-electron chi connectivity index (χ4n) is 2.17. The van der Waals surface area contributed by atoms with Crippen LogP contribution in [0.3, 0.4) is 0 Å². The molecule has 0 saturated heterocycles. The van der Waals surface area contributed by atoms with Crippen LogP contribution in [0.4, 0.5) is 4.39 Å². The quantitative estimate of drug-likeness (QED) is 0.935. The van der Waals surface area contributed by atoms with Crippen molar-refractivity contribution >= 4 is 11.6 Å². The Bertz CT molecular complexity index is 593. The Kier molecular flexibility index (Phi) is 3.65. The summed E-state index contributed by atoms with van der Waals surface area (Å²) in [6.07, 6.45) is 1.46. The van der Waals surface area contributed by atoms with Gasteiger partial charge in [-0.2, -0.15) is 5.10 Å². The summed E-state index contributed by atoms with van der Waals surface area (Å²) in [5, 5.41) is 15.2. The minimum atomic E-state index is -1.54. The van der Waals surface area contributed by atoms with Crippen LogP contribution in [0.1, 0.15) is 38.1 Å². The van der Waals surface area contributed by atoms with Gasteiger partial charge in [-0.25, -0.2) is 4.39 Å². The van der Waals surface area contributed by atoms with E-state index in [1.54, 1.807) is 22.9 Å². The molecule has 1 aromatic carbocycles. The lowest BCUT2D eigenvalue weighted by Crippen LogP contribution is -2.29. The molecule has 3 nitrogen and oxygen atoms in total. The Hall–Kier alpha value is -1.39. The fourth-order valence-corrected chi connectivity index (χ4v) is 2.49. The largest absolute Gasteiger partial charge is 0.379 e. The second kappa shape index (κ2) is 4.94. The zero-order valence-corrected chi connectivity index (χ0v) is 11.8. The zero-order chi connectivity index (χ0) is 14.2. The summed E-state index contributed by atoms with van der Waals surface area (Å²) in [6, 6.07) is 6.13. The zero-order valence-electron chi connectivity index (χ0n) is 11.1. The predicted octanol–water partition coefficient (Wildman–Crippen LogP) is 3.51. The van der Waals surface area contributed by atoms with Gasteiger partial charge in [-0.1, -0.05) is 29.8 Å². The van der Waals surface area contributed by atoms with Crippen molar-refractivity contribution in [1.82, 2.24) is 9.78 Å². The number of hydrogen-bond acceptors (Lipinski definition) is 2. The second-order valence-electron chi connectivity index (χ2n) is 4.93. The van der Waals surface area contributed by atoms with E-state index in [-0.39, 0.29) is 11.6 Å². The van der Waals surface area contributed by atoms with Gasteiger partial charge in [0.05, 0.1) is 16.9 Å². The molecule has 1 atom stereocenters. The molecule has 0 spiro atoms. The van der Waals surface area contributed by atoms with Gasteiger partial charge in [0.1, 0.15) is 11.4 Å². The molecule has 1 unspecified atom stereocenters. The van der Waals surface area contributed by atoms with Gasteiger partial charge in [0.2, 0.25) is 0 Å². The molecule has 1 heterocycles. The molecule has 2 rings (SSSR count). The van der Waals surface area contributed by atoms with E-state index < -0.39 is 11.4 Å². The Morgan fingerprint density at radius 2 is 2.00 bits per heavy atom. The van der Waals surface area contributed by atoms with Crippen molar-refractivity contribution in [3.05, 3.63) is 52.6 Å². The van der Waals surface area contributed by atoms with E-state index in [0.717, 1.165) is 0 Å². The lowest BCUT2D eigenvalue weighted by molar-refractivity contribution is 0.0861. The van der Waals surface area contributed by atoms with Gasteiger partial charge in [0.15, 0.2) is 0 Å². The molecule has 5 heteroatoms. The maximum absolute atomic E-state index is 13.9. The maximum atomic E-state index is 13.9. The van der Waals surface area contributed by atoms with E-state index in [1.807, 2.05) is 13.8 Å². The lowest BCUT2D eigenvalue weighted by Gasteiger charge is -2.27. The van der Waals surface area contributed by atoms with Crippen molar-refractivity contribution < 1.29 is 9.50 Å². The van der Waals surface area contributed by atoms with Gasteiger partial charge >= 0.3 is 0 Å². The van der Waals surface area contributed by atoms with E-state index in [0.29, 0.717) is 10.7 Å². The third-order valence-electron chi connectivity index (χ3n) is 3.10. The van der Waals surface area contributed by atoms with Crippen LogP contribution in [0, 0.1) is 5.82 Å². The van der Waals surface area contributed by atoms with Crippen molar-refractivity contribution in [2.45, 2.75) is 32.4 Å². The van der Waals surface area contributed by atoms with E-state index in [2.05, 4.69) is 5.10 Å². The van der Waals surface area contributed by atoms with Gasteiger partial charge in [0, 0.05) is 11.6 Å². The summed E-state index contributed by atoms with van der Waals surface area (Å²) in [6.45, 7) is 5.36. The van der Waals surface area contributed by atoms with Crippen LogP contribution in [-0.2, 0) is 5.60 Å². The van der Waals surface area contributed by atoms with Crippen molar-refractivity contribution in [3.8, 4) is 0 Å². The molecule has 0 radical (unpaired) electrons. The SMILES string of the molecule is CC(C)n1ncc(Cl)c1C(C)(O)c1ccccc1F. The van der Waals surface area contributed by atoms with Gasteiger partial charge in [0.25, 0.3) is 0 Å². The number of nitrogens with zero attached hydrogens (tertiary/aromatic N) is 2. The first-order valence-electron chi connectivity index (χ1n) is 6.06. The maximum Gasteiger partial charge on any atom is 0.133 e. The van der Waals surface area contributed by atoms with Gasteiger partial charge in [-0.05, 0) is 26.8 Å². The van der Waals surface area contributed by atoms with E-state index in [4.69, 9.17) is 11.6 Å². The highest BCUT2D eigenvalue weighted by Gasteiger charge is 2.35. The highest BCUT2D eigenvalue weighted by Crippen LogP contribution is 2.36. The van der Waals surface area contributed by atoms with Crippen LogP contribution < -0.4 is 0 Å². The summed E-state index contributed by atoms with van der Waals surface area (Å²) in [5.41, 5.74) is -0.961. The molecule has 0 bridgehead atoms. The third-order valence-corrected chi connectivity index (χ3v) is 3.38. The number of halogens is 2. The molecule has 2 aromatic rings. The second-order valence-corrected chi connectivity index (χ2v) is 5.34. The van der Waals surface area contributed by atoms with Crippen LogP contribution >= 0.6 is 11.6 Å². The van der Waals surface area contributed by atoms with Crippen LogP contribution in [0.2, 0.25) is 5.02 Å². The number of benzene rings is 1. The number of aromatic nitrogens is 2. The first kappa shape index (κ1) is 14.0. The third kappa shape index (κ3) is 2.38. The normalized spacial score (nSPS) is 14.7. The smallest absolute Gasteiger partial charge is 0.133 e. The molecule has 102 valence electrons. The molecular weight excluding hydrogens is 267 g/mol. The van der Waals surface area contributed by atoms with E-state index in [1.165, 1.54) is 19.2 Å². The first-order valence-corrected chi connectivity index (χ1v) is 6.44. The number of rotatable bonds is 3. The Labute approximate surface area is 116 Å². The number of aliphatic hydroxyl groups is 1. The predicted molar refractivity (Wildman–Crippen MR) is 72.7 cm³/mol. The minimum absolute atomic E-state index is 0.0146. The van der Waals surface area contributed by atoms with Crippen molar-refractivity contribution in [2.24, 2.45) is 0 Å². The Morgan fingerprint density at radius 1 is 1.37 bits per heavy atom. The standard InChI is InChI=1S/C14H16ClFN2O/c1-9(2)18-13(11(15)8-17-18)14(3,19)10-6-4-5-7-12(10)16/h4-9,19H,1-3H3.